The molecular weight excluding hydrogens is 176 g/mol. The van der Waals surface area contributed by atoms with Gasteiger partial charge in [0.1, 0.15) is 6.04 Å². The quantitative estimate of drug-likeness (QED) is 0.545. The molecule has 12 heavy (non-hydrogen) atoms. The second-order valence-electron chi connectivity index (χ2n) is 2.16. The Morgan fingerprint density at radius 3 is 2.08 bits per heavy atom. The first-order valence-corrected chi connectivity index (χ1v) is 2.87. The Hall–Kier alpha value is -1.24. The molecule has 0 unspecified atom stereocenters. The Morgan fingerprint density at radius 1 is 1.42 bits per heavy atom. The van der Waals surface area contributed by atoms with Crippen LogP contribution in [0.15, 0.2) is 0 Å². The van der Waals surface area contributed by atoms with Crippen molar-refractivity contribution in [3.05, 3.63) is 0 Å². The second kappa shape index (κ2) is 3.44. The summed E-state index contributed by atoms with van der Waals surface area (Å²) >= 11 is 0. The van der Waals surface area contributed by atoms with Crippen LogP contribution in [0.5, 0.6) is 0 Å². The van der Waals surface area contributed by atoms with Crippen LogP contribution >= 0.6 is 0 Å². The molecule has 4 N–H and O–H groups in total. The van der Waals surface area contributed by atoms with Crippen molar-refractivity contribution in [1.29, 1.82) is 0 Å². The molecule has 5 nitrogen and oxygen atoms in total. The molecule has 0 aromatic heterocycles. The number of carbonyl (C=O) groups is 2. The Labute approximate surface area is 65.8 Å². The third kappa shape index (κ3) is 2.79. The van der Waals surface area contributed by atoms with Gasteiger partial charge >= 0.3 is 17.9 Å². The normalized spacial score (nSPS) is 13.9. The fraction of sp³-hybridized carbons (Fsp3) is 0.600. The summed E-state index contributed by atoms with van der Waals surface area (Å²) in [5.41, 5.74) is 4.70. The van der Waals surface area contributed by atoms with E-state index in [0.29, 0.717) is 0 Å². The minimum Gasteiger partial charge on any atom is -0.480 e. The molecule has 0 spiro atoms. The maximum absolute atomic E-state index is 12.2. The summed E-state index contributed by atoms with van der Waals surface area (Å²) < 4.78 is 24.4. The van der Waals surface area contributed by atoms with Gasteiger partial charge in [0.25, 0.3) is 0 Å². The average molecular weight is 183 g/mol. The highest BCUT2D eigenvalue weighted by molar-refractivity contribution is 5.78. The molecule has 0 fully saturated rings. The van der Waals surface area contributed by atoms with Gasteiger partial charge in [-0.1, -0.05) is 0 Å². The van der Waals surface area contributed by atoms with Gasteiger partial charge in [-0.05, 0) is 0 Å². The molecule has 0 bridgehead atoms. The molecule has 70 valence electrons. The maximum Gasteiger partial charge on any atom is 0.374 e. The number of alkyl halides is 2. The number of carboxylic acid groups (broad SMARTS) is 2. The Bertz CT molecular complexity index is 206. The van der Waals surface area contributed by atoms with E-state index >= 15 is 0 Å². The first-order chi connectivity index (χ1) is 5.27. The van der Waals surface area contributed by atoms with Crippen LogP contribution in [0.3, 0.4) is 0 Å². The molecule has 0 saturated heterocycles. The zero-order valence-electron chi connectivity index (χ0n) is 5.83. The number of hydrogen-bond acceptors (Lipinski definition) is 3. The van der Waals surface area contributed by atoms with Gasteiger partial charge in [0.15, 0.2) is 0 Å². The maximum atomic E-state index is 12.2. The topological polar surface area (TPSA) is 101 Å². The number of halogens is 2. The molecule has 7 heteroatoms. The summed E-state index contributed by atoms with van der Waals surface area (Å²) in [4.78, 5) is 19.7. The molecule has 0 aromatic carbocycles. The molecule has 1 atom stereocenters. The number of nitrogens with two attached hydrogens (primary N) is 1. The zero-order chi connectivity index (χ0) is 9.94. The van der Waals surface area contributed by atoms with Crippen LogP contribution in [-0.4, -0.2) is 34.1 Å². The van der Waals surface area contributed by atoms with E-state index in [-0.39, 0.29) is 0 Å². The van der Waals surface area contributed by atoms with Crippen molar-refractivity contribution in [2.24, 2.45) is 5.73 Å². The van der Waals surface area contributed by atoms with E-state index in [1.165, 1.54) is 0 Å². The van der Waals surface area contributed by atoms with Gasteiger partial charge in [-0.15, -0.1) is 0 Å². The smallest absolute Gasteiger partial charge is 0.374 e. The van der Waals surface area contributed by atoms with E-state index in [0.717, 1.165) is 0 Å². The molecular formula is C5H7F2NO4. The number of aliphatic carboxylic acids is 2. The molecule has 0 amide bonds. The zero-order valence-corrected chi connectivity index (χ0v) is 5.83. The number of hydrogen-bond donors (Lipinski definition) is 3. The molecule has 0 aliphatic heterocycles. The summed E-state index contributed by atoms with van der Waals surface area (Å²) in [6.45, 7) is 0. The molecule has 0 heterocycles. The lowest BCUT2D eigenvalue weighted by atomic mass is 10.1. The van der Waals surface area contributed by atoms with Crippen molar-refractivity contribution >= 4 is 11.9 Å². The highest BCUT2D eigenvalue weighted by Gasteiger charge is 2.41. The van der Waals surface area contributed by atoms with Gasteiger partial charge < -0.3 is 15.9 Å². The Balaban J connectivity index is 4.24. The summed E-state index contributed by atoms with van der Waals surface area (Å²) in [5.74, 6) is -8.12. The molecule has 0 radical (unpaired) electrons. The van der Waals surface area contributed by atoms with Gasteiger partial charge in [-0.25, -0.2) is 4.79 Å². The Morgan fingerprint density at radius 2 is 1.83 bits per heavy atom. The van der Waals surface area contributed by atoms with Crippen molar-refractivity contribution in [3.63, 3.8) is 0 Å². The van der Waals surface area contributed by atoms with Crippen LogP contribution < -0.4 is 5.73 Å². The van der Waals surface area contributed by atoms with E-state index in [1.54, 1.807) is 0 Å². The van der Waals surface area contributed by atoms with E-state index in [1.807, 2.05) is 0 Å². The lowest BCUT2D eigenvalue weighted by molar-refractivity contribution is -0.167. The van der Waals surface area contributed by atoms with Crippen molar-refractivity contribution in [3.8, 4) is 0 Å². The van der Waals surface area contributed by atoms with E-state index in [4.69, 9.17) is 15.9 Å². The summed E-state index contributed by atoms with van der Waals surface area (Å²) in [5, 5.41) is 15.9. The largest absolute Gasteiger partial charge is 0.480 e. The van der Waals surface area contributed by atoms with Gasteiger partial charge in [0.05, 0.1) is 0 Å². The van der Waals surface area contributed by atoms with Crippen molar-refractivity contribution in [2.45, 2.75) is 18.4 Å². The summed E-state index contributed by atoms with van der Waals surface area (Å²) in [6, 6.07) is -1.86. The van der Waals surface area contributed by atoms with E-state index in [2.05, 4.69) is 0 Å². The van der Waals surface area contributed by atoms with Gasteiger partial charge in [-0.3, -0.25) is 4.79 Å². The van der Waals surface area contributed by atoms with Crippen LogP contribution in [0.2, 0.25) is 0 Å². The number of rotatable bonds is 4. The van der Waals surface area contributed by atoms with Crippen molar-refractivity contribution in [1.82, 2.24) is 0 Å². The fourth-order valence-electron chi connectivity index (χ4n) is 0.451. The predicted octanol–water partition coefficient (Wildman–Crippen LogP) is -0.492. The summed E-state index contributed by atoms with van der Waals surface area (Å²) in [6.07, 6.45) is -1.41. The minimum atomic E-state index is -4.09. The first-order valence-electron chi connectivity index (χ1n) is 2.87. The average Bonchev–Trinajstić information content (AvgIpc) is 1.85. The lowest BCUT2D eigenvalue weighted by Crippen LogP contribution is -2.40. The number of carboxylic acids is 2. The molecule has 0 aliphatic carbocycles. The monoisotopic (exact) mass is 183 g/mol. The highest BCUT2D eigenvalue weighted by Crippen LogP contribution is 2.19. The van der Waals surface area contributed by atoms with Crippen molar-refractivity contribution in [2.75, 3.05) is 0 Å². The van der Waals surface area contributed by atoms with Crippen LogP contribution in [0, 0.1) is 0 Å². The van der Waals surface area contributed by atoms with E-state index < -0.39 is 30.3 Å². The summed E-state index contributed by atoms with van der Waals surface area (Å²) in [7, 11) is 0. The van der Waals surface area contributed by atoms with Crippen molar-refractivity contribution < 1.29 is 28.6 Å². The second-order valence-corrected chi connectivity index (χ2v) is 2.16. The molecule has 0 saturated carbocycles. The van der Waals surface area contributed by atoms with Crippen LogP contribution in [-0.2, 0) is 9.59 Å². The molecule has 0 rings (SSSR count). The predicted molar refractivity (Wildman–Crippen MR) is 32.8 cm³/mol. The third-order valence-corrected chi connectivity index (χ3v) is 1.11. The lowest BCUT2D eigenvalue weighted by Gasteiger charge is -2.12. The van der Waals surface area contributed by atoms with Crippen LogP contribution in [0.4, 0.5) is 8.78 Å². The SMILES string of the molecule is N[C@@H](CC(F)(F)C(=O)O)C(=O)O. The fourth-order valence-corrected chi connectivity index (χ4v) is 0.451. The van der Waals surface area contributed by atoms with Gasteiger partial charge in [0.2, 0.25) is 0 Å². The highest BCUT2D eigenvalue weighted by atomic mass is 19.3. The molecule has 0 aromatic rings. The molecule has 0 aliphatic rings. The van der Waals surface area contributed by atoms with Gasteiger partial charge in [0, 0.05) is 6.42 Å². The standard InChI is InChI=1S/C5H7F2NO4/c6-5(7,4(11)12)1-2(8)3(9)10/h2H,1,8H2,(H,9,10)(H,11,12)/t2-/m0/s1. The third-order valence-electron chi connectivity index (χ3n) is 1.11. The van der Waals surface area contributed by atoms with Gasteiger partial charge in [-0.2, -0.15) is 8.78 Å². The van der Waals surface area contributed by atoms with Crippen LogP contribution in [0.25, 0.3) is 0 Å². The van der Waals surface area contributed by atoms with E-state index in [9.17, 15) is 18.4 Å². The minimum absolute atomic E-state index is 1.41. The Kier molecular flexibility index (Phi) is 3.08. The first kappa shape index (κ1) is 10.8. The van der Waals surface area contributed by atoms with Crippen LogP contribution in [0.1, 0.15) is 6.42 Å².